The van der Waals surface area contributed by atoms with Crippen LogP contribution in [0.15, 0.2) is 17.2 Å². The van der Waals surface area contributed by atoms with Crippen molar-refractivity contribution in [1.82, 2.24) is 19.6 Å². The summed E-state index contributed by atoms with van der Waals surface area (Å²) in [7, 11) is 1.93. The number of hydrogen-bond acceptors (Lipinski definition) is 5. The van der Waals surface area contributed by atoms with Crippen LogP contribution in [0.3, 0.4) is 0 Å². The summed E-state index contributed by atoms with van der Waals surface area (Å²) >= 11 is 0. The third-order valence-corrected chi connectivity index (χ3v) is 2.38. The van der Waals surface area contributed by atoms with Gasteiger partial charge in [0.2, 0.25) is 0 Å². The molecule has 0 fully saturated rings. The molecule has 7 heteroatoms. The first-order valence-corrected chi connectivity index (χ1v) is 5.06. The van der Waals surface area contributed by atoms with E-state index < -0.39 is 0 Å². The quantitative estimate of drug-likeness (QED) is 0.706. The summed E-state index contributed by atoms with van der Waals surface area (Å²) in [6.07, 6.45) is 2.37. The second-order valence-corrected chi connectivity index (χ2v) is 3.57. The molecule has 16 heavy (non-hydrogen) atoms. The average molecular weight is 222 g/mol. The molecule has 0 saturated heterocycles. The molecule has 0 aromatic carbocycles. The zero-order chi connectivity index (χ0) is 11.5. The van der Waals surface area contributed by atoms with Crippen LogP contribution in [-0.2, 0) is 0 Å². The van der Waals surface area contributed by atoms with Gasteiger partial charge >= 0.3 is 5.69 Å². The fourth-order valence-corrected chi connectivity index (χ4v) is 1.45. The number of nitrogens with one attached hydrogen (secondary N) is 1. The average Bonchev–Trinajstić information content (AvgIpc) is 2.67. The number of hydrogen-bond donors (Lipinski definition) is 2. The van der Waals surface area contributed by atoms with Crippen LogP contribution >= 0.6 is 0 Å². The van der Waals surface area contributed by atoms with Gasteiger partial charge in [0.05, 0.1) is 0 Å². The maximum Gasteiger partial charge on any atom is 0.348 e. The molecule has 0 aliphatic rings. The van der Waals surface area contributed by atoms with E-state index in [1.54, 1.807) is 6.07 Å². The zero-order valence-electron chi connectivity index (χ0n) is 9.05. The SMILES string of the molecule is CN(CCCN)c1cc2n[nH]c(=O)n2cn1. The lowest BCUT2D eigenvalue weighted by Crippen LogP contribution is -2.22. The summed E-state index contributed by atoms with van der Waals surface area (Å²) in [6.45, 7) is 1.47. The molecular weight excluding hydrogens is 208 g/mol. The Hall–Kier alpha value is -1.89. The van der Waals surface area contributed by atoms with Gasteiger partial charge in [0, 0.05) is 19.7 Å². The minimum Gasteiger partial charge on any atom is -0.359 e. The summed E-state index contributed by atoms with van der Waals surface area (Å²) < 4.78 is 1.36. The highest BCUT2D eigenvalue weighted by Gasteiger charge is 2.05. The van der Waals surface area contributed by atoms with Gasteiger partial charge < -0.3 is 10.6 Å². The second kappa shape index (κ2) is 4.31. The molecule has 7 nitrogen and oxygen atoms in total. The summed E-state index contributed by atoms with van der Waals surface area (Å²) in [6, 6.07) is 1.76. The summed E-state index contributed by atoms with van der Waals surface area (Å²) in [5.41, 5.74) is 5.72. The Morgan fingerprint density at radius 1 is 1.62 bits per heavy atom. The Bertz CT molecular complexity index is 530. The number of rotatable bonds is 4. The van der Waals surface area contributed by atoms with Gasteiger partial charge in [-0.15, -0.1) is 0 Å². The highest BCUT2D eigenvalue weighted by Crippen LogP contribution is 2.09. The Labute approximate surface area is 91.9 Å². The summed E-state index contributed by atoms with van der Waals surface area (Å²) in [5, 5.41) is 6.24. The molecule has 0 unspecified atom stereocenters. The molecule has 0 amide bonds. The molecule has 0 spiro atoms. The molecule has 2 aromatic rings. The van der Waals surface area contributed by atoms with Crippen molar-refractivity contribution < 1.29 is 0 Å². The Morgan fingerprint density at radius 2 is 2.44 bits per heavy atom. The molecule has 0 aliphatic carbocycles. The third-order valence-electron chi connectivity index (χ3n) is 2.38. The highest BCUT2D eigenvalue weighted by atomic mass is 16.1. The highest BCUT2D eigenvalue weighted by molar-refractivity contribution is 5.49. The van der Waals surface area contributed by atoms with Gasteiger partial charge in [-0.3, -0.25) is 0 Å². The first-order valence-electron chi connectivity index (χ1n) is 5.06. The van der Waals surface area contributed by atoms with Crippen LogP contribution in [-0.4, -0.2) is 39.7 Å². The maximum absolute atomic E-state index is 11.2. The number of fused-ring (bicyclic) bond motifs is 1. The van der Waals surface area contributed by atoms with Gasteiger partial charge in [0.15, 0.2) is 5.65 Å². The summed E-state index contributed by atoms with van der Waals surface area (Å²) in [5.74, 6) is 0.778. The van der Waals surface area contributed by atoms with Crippen molar-refractivity contribution in [3.05, 3.63) is 22.9 Å². The van der Waals surface area contributed by atoms with Gasteiger partial charge in [-0.25, -0.2) is 19.3 Å². The molecule has 0 bridgehead atoms. The van der Waals surface area contributed by atoms with E-state index in [2.05, 4.69) is 15.2 Å². The minimum atomic E-state index is -0.279. The second-order valence-electron chi connectivity index (χ2n) is 3.57. The number of aromatic amines is 1. The molecule has 2 rings (SSSR count). The maximum atomic E-state index is 11.2. The zero-order valence-corrected chi connectivity index (χ0v) is 9.05. The first kappa shape index (κ1) is 10.6. The Morgan fingerprint density at radius 3 is 3.19 bits per heavy atom. The molecule has 86 valence electrons. The lowest BCUT2D eigenvalue weighted by atomic mass is 10.4. The van der Waals surface area contributed by atoms with E-state index in [-0.39, 0.29) is 5.69 Å². The van der Waals surface area contributed by atoms with Crippen molar-refractivity contribution in [1.29, 1.82) is 0 Å². The fourth-order valence-electron chi connectivity index (χ4n) is 1.45. The van der Waals surface area contributed by atoms with E-state index in [9.17, 15) is 4.79 Å². The van der Waals surface area contributed by atoms with Gasteiger partial charge in [0.25, 0.3) is 0 Å². The van der Waals surface area contributed by atoms with Gasteiger partial charge in [-0.1, -0.05) is 0 Å². The molecule has 2 aromatic heterocycles. The molecule has 3 N–H and O–H groups in total. The fraction of sp³-hybridized carbons (Fsp3) is 0.444. The molecule has 0 saturated carbocycles. The number of H-pyrrole nitrogens is 1. The van der Waals surface area contributed by atoms with Crippen LogP contribution in [0.5, 0.6) is 0 Å². The van der Waals surface area contributed by atoms with Crippen molar-refractivity contribution in [3.63, 3.8) is 0 Å². The largest absolute Gasteiger partial charge is 0.359 e. The van der Waals surface area contributed by atoms with E-state index >= 15 is 0 Å². The third kappa shape index (κ3) is 1.89. The van der Waals surface area contributed by atoms with Crippen molar-refractivity contribution in [2.75, 3.05) is 25.0 Å². The van der Waals surface area contributed by atoms with E-state index in [1.807, 2.05) is 11.9 Å². The smallest absolute Gasteiger partial charge is 0.348 e. The molecule has 0 radical (unpaired) electrons. The van der Waals surface area contributed by atoms with Crippen LogP contribution in [0.4, 0.5) is 5.82 Å². The van der Waals surface area contributed by atoms with Crippen LogP contribution in [0.25, 0.3) is 5.65 Å². The van der Waals surface area contributed by atoms with E-state index in [1.165, 1.54) is 10.7 Å². The lowest BCUT2D eigenvalue weighted by molar-refractivity contribution is 0.784. The first-order chi connectivity index (χ1) is 7.72. The van der Waals surface area contributed by atoms with Crippen LogP contribution < -0.4 is 16.3 Å². The number of anilines is 1. The summed E-state index contributed by atoms with van der Waals surface area (Å²) in [4.78, 5) is 17.4. The topological polar surface area (TPSA) is 92.3 Å². The monoisotopic (exact) mass is 222 g/mol. The molecule has 2 heterocycles. The van der Waals surface area contributed by atoms with Gasteiger partial charge in [0.1, 0.15) is 12.1 Å². The van der Waals surface area contributed by atoms with Crippen LogP contribution in [0.2, 0.25) is 0 Å². The number of nitrogens with zero attached hydrogens (tertiary/aromatic N) is 4. The van der Waals surface area contributed by atoms with Gasteiger partial charge in [-0.2, -0.15) is 5.10 Å². The predicted octanol–water partition coefficient (Wildman–Crippen LogP) is -0.797. The van der Waals surface area contributed by atoms with E-state index in [0.29, 0.717) is 12.2 Å². The molecule has 0 aliphatic heterocycles. The predicted molar refractivity (Wildman–Crippen MR) is 60.5 cm³/mol. The number of aromatic nitrogens is 4. The lowest BCUT2D eigenvalue weighted by Gasteiger charge is -2.16. The Kier molecular flexibility index (Phi) is 2.86. The van der Waals surface area contributed by atoms with Crippen molar-refractivity contribution >= 4 is 11.5 Å². The molecule has 0 atom stereocenters. The van der Waals surface area contributed by atoms with E-state index in [0.717, 1.165) is 18.8 Å². The molecular formula is C9H14N6O. The minimum absolute atomic E-state index is 0.279. The van der Waals surface area contributed by atoms with Crippen molar-refractivity contribution in [2.24, 2.45) is 5.73 Å². The number of nitrogens with two attached hydrogens (primary N) is 1. The van der Waals surface area contributed by atoms with Crippen molar-refractivity contribution in [2.45, 2.75) is 6.42 Å². The van der Waals surface area contributed by atoms with Gasteiger partial charge in [-0.05, 0) is 13.0 Å². The van der Waals surface area contributed by atoms with E-state index in [4.69, 9.17) is 5.73 Å². The Balaban J connectivity index is 2.28. The van der Waals surface area contributed by atoms with Crippen LogP contribution in [0, 0.1) is 0 Å². The standard InChI is InChI=1S/C9H14N6O/c1-14(4-2-3-10)7-5-8-12-13-9(16)15(8)6-11-7/h5-6H,2-4,10H2,1H3,(H,13,16). The van der Waals surface area contributed by atoms with Crippen LogP contribution in [0.1, 0.15) is 6.42 Å². The van der Waals surface area contributed by atoms with Crippen molar-refractivity contribution in [3.8, 4) is 0 Å². The normalized spacial score (nSPS) is 10.9.